The summed E-state index contributed by atoms with van der Waals surface area (Å²) in [6.07, 6.45) is 5.01. The molecule has 19 heavy (non-hydrogen) atoms. The predicted molar refractivity (Wildman–Crippen MR) is 82.4 cm³/mol. The Balaban J connectivity index is 1.82. The fraction of sp³-hybridized carbons (Fsp3) is 0.647. The van der Waals surface area contributed by atoms with Crippen LogP contribution >= 0.6 is 0 Å². The molecule has 1 aromatic rings. The van der Waals surface area contributed by atoms with E-state index in [2.05, 4.69) is 48.3 Å². The van der Waals surface area contributed by atoms with Crippen molar-refractivity contribution in [3.63, 3.8) is 0 Å². The van der Waals surface area contributed by atoms with Gasteiger partial charge in [0.15, 0.2) is 0 Å². The zero-order valence-electron chi connectivity index (χ0n) is 12.5. The lowest BCUT2D eigenvalue weighted by Crippen LogP contribution is -2.36. The normalized spacial score (nSPS) is 16.4. The van der Waals surface area contributed by atoms with Crippen molar-refractivity contribution in [2.24, 2.45) is 0 Å². The average molecular weight is 260 g/mol. The minimum absolute atomic E-state index is 0.694. The van der Waals surface area contributed by atoms with E-state index in [1.54, 1.807) is 5.56 Å². The summed E-state index contributed by atoms with van der Waals surface area (Å²) in [7, 11) is 0. The molecule has 0 unspecified atom stereocenters. The van der Waals surface area contributed by atoms with Gasteiger partial charge in [-0.05, 0) is 43.4 Å². The molecule has 1 aliphatic rings. The number of benzene rings is 1. The molecule has 0 aromatic heterocycles. The van der Waals surface area contributed by atoms with Crippen molar-refractivity contribution in [1.82, 2.24) is 10.2 Å². The van der Waals surface area contributed by atoms with Crippen molar-refractivity contribution in [2.45, 2.75) is 52.1 Å². The number of rotatable bonds is 6. The zero-order valence-corrected chi connectivity index (χ0v) is 12.5. The molecule has 0 bridgehead atoms. The van der Waals surface area contributed by atoms with E-state index in [1.165, 1.54) is 44.3 Å². The lowest BCUT2D eigenvalue weighted by atomic mass is 10.0. The lowest BCUT2D eigenvalue weighted by Gasteiger charge is -2.22. The van der Waals surface area contributed by atoms with Gasteiger partial charge in [-0.1, -0.05) is 38.1 Å². The van der Waals surface area contributed by atoms with Crippen LogP contribution in [0.3, 0.4) is 0 Å². The molecule has 2 nitrogen and oxygen atoms in total. The Morgan fingerprint density at radius 2 is 1.89 bits per heavy atom. The van der Waals surface area contributed by atoms with E-state index >= 15 is 0 Å². The molecule has 106 valence electrons. The van der Waals surface area contributed by atoms with Gasteiger partial charge in [-0.2, -0.15) is 0 Å². The lowest BCUT2D eigenvalue weighted by molar-refractivity contribution is 0.263. The van der Waals surface area contributed by atoms with Gasteiger partial charge in [0.1, 0.15) is 0 Å². The first kappa shape index (κ1) is 14.5. The van der Waals surface area contributed by atoms with E-state index in [-0.39, 0.29) is 0 Å². The van der Waals surface area contributed by atoms with Crippen molar-refractivity contribution in [3.8, 4) is 0 Å². The van der Waals surface area contributed by atoms with Gasteiger partial charge in [-0.3, -0.25) is 4.90 Å². The average Bonchev–Trinajstić information content (AvgIpc) is 2.65. The maximum absolute atomic E-state index is 3.67. The molecule has 0 radical (unpaired) electrons. The molecular weight excluding hydrogens is 232 g/mol. The van der Waals surface area contributed by atoms with Crippen molar-refractivity contribution in [3.05, 3.63) is 35.4 Å². The van der Waals surface area contributed by atoms with E-state index in [9.17, 15) is 0 Å². The first-order valence-corrected chi connectivity index (χ1v) is 7.86. The van der Waals surface area contributed by atoms with Gasteiger partial charge in [0, 0.05) is 25.7 Å². The number of hydrogen-bond donors (Lipinski definition) is 1. The number of fused-ring (bicyclic) bond motifs is 1. The Hall–Kier alpha value is -0.860. The summed E-state index contributed by atoms with van der Waals surface area (Å²) in [6, 6.07) is 9.62. The summed E-state index contributed by atoms with van der Waals surface area (Å²) in [4.78, 5) is 2.60. The Morgan fingerprint density at radius 1 is 1.16 bits per heavy atom. The molecule has 1 aromatic carbocycles. The quantitative estimate of drug-likeness (QED) is 0.845. The van der Waals surface area contributed by atoms with Crippen LogP contribution in [0.25, 0.3) is 0 Å². The number of aryl methyl sites for hydroxylation is 1. The van der Waals surface area contributed by atoms with Gasteiger partial charge >= 0.3 is 0 Å². The van der Waals surface area contributed by atoms with Crippen LogP contribution < -0.4 is 5.32 Å². The molecule has 1 aliphatic heterocycles. The topological polar surface area (TPSA) is 15.3 Å². The van der Waals surface area contributed by atoms with Crippen LogP contribution in [0.5, 0.6) is 0 Å². The molecule has 0 saturated heterocycles. The predicted octanol–water partition coefficient (Wildman–Crippen LogP) is 3.21. The molecule has 0 aliphatic carbocycles. The molecule has 2 rings (SSSR count). The first-order valence-electron chi connectivity index (χ1n) is 7.86. The summed E-state index contributed by atoms with van der Waals surface area (Å²) >= 11 is 0. The molecule has 0 spiro atoms. The Labute approximate surface area is 118 Å². The third kappa shape index (κ3) is 4.32. The number of nitrogens with one attached hydrogen (secondary N) is 1. The van der Waals surface area contributed by atoms with Crippen LogP contribution in [0.2, 0.25) is 0 Å². The highest BCUT2D eigenvalue weighted by Gasteiger charge is 2.13. The molecular formula is C17H28N2. The molecule has 1 N–H and O–H groups in total. The van der Waals surface area contributed by atoms with E-state index in [4.69, 9.17) is 0 Å². The summed E-state index contributed by atoms with van der Waals surface area (Å²) in [5.74, 6) is 0. The Morgan fingerprint density at radius 3 is 2.63 bits per heavy atom. The fourth-order valence-electron chi connectivity index (χ4n) is 2.96. The van der Waals surface area contributed by atoms with E-state index in [1.807, 2.05) is 0 Å². The molecule has 2 heteroatoms. The summed E-state index contributed by atoms with van der Waals surface area (Å²) in [5, 5.41) is 3.67. The highest BCUT2D eigenvalue weighted by molar-refractivity contribution is 5.27. The van der Waals surface area contributed by atoms with Crippen molar-refractivity contribution >= 4 is 0 Å². The minimum atomic E-state index is 0.694. The van der Waals surface area contributed by atoms with Crippen molar-refractivity contribution in [2.75, 3.05) is 19.6 Å². The summed E-state index contributed by atoms with van der Waals surface area (Å²) in [6.45, 7) is 9.19. The van der Waals surface area contributed by atoms with Gasteiger partial charge in [-0.15, -0.1) is 0 Å². The molecule has 0 atom stereocenters. The third-order valence-corrected chi connectivity index (χ3v) is 4.28. The second-order valence-electron chi connectivity index (χ2n) is 5.62. The summed E-state index contributed by atoms with van der Waals surface area (Å²) < 4.78 is 0. The van der Waals surface area contributed by atoms with Gasteiger partial charge in [-0.25, -0.2) is 0 Å². The van der Waals surface area contributed by atoms with E-state index < -0.39 is 0 Å². The van der Waals surface area contributed by atoms with Crippen LogP contribution in [0.4, 0.5) is 0 Å². The van der Waals surface area contributed by atoms with Crippen LogP contribution in [0.1, 0.15) is 44.2 Å². The molecule has 1 heterocycles. The third-order valence-electron chi connectivity index (χ3n) is 4.28. The Bertz CT molecular complexity index is 371. The van der Waals surface area contributed by atoms with E-state index in [0.717, 1.165) is 13.1 Å². The molecule has 0 fully saturated rings. The minimum Gasteiger partial charge on any atom is -0.313 e. The standard InChI is InChI=1S/C17H28N2/c1-3-17(4-2)18-11-13-19-12-7-10-15-8-5-6-9-16(15)14-19/h5-6,8-9,17-18H,3-4,7,10-14H2,1-2H3. The molecule has 0 saturated carbocycles. The van der Waals surface area contributed by atoms with E-state index in [0.29, 0.717) is 6.04 Å². The van der Waals surface area contributed by atoms with Crippen LogP contribution in [0, 0.1) is 0 Å². The number of hydrogen-bond acceptors (Lipinski definition) is 2. The van der Waals surface area contributed by atoms with Crippen molar-refractivity contribution in [1.29, 1.82) is 0 Å². The Kier molecular flexibility index (Phi) is 5.87. The van der Waals surface area contributed by atoms with Crippen LogP contribution in [0.15, 0.2) is 24.3 Å². The SMILES string of the molecule is CCC(CC)NCCN1CCCc2ccccc2C1. The fourth-order valence-corrected chi connectivity index (χ4v) is 2.96. The first-order chi connectivity index (χ1) is 9.33. The monoisotopic (exact) mass is 260 g/mol. The maximum atomic E-state index is 3.67. The smallest absolute Gasteiger partial charge is 0.0237 e. The van der Waals surface area contributed by atoms with Crippen LogP contribution in [-0.2, 0) is 13.0 Å². The van der Waals surface area contributed by atoms with Gasteiger partial charge in [0.05, 0.1) is 0 Å². The van der Waals surface area contributed by atoms with Crippen molar-refractivity contribution < 1.29 is 0 Å². The number of nitrogens with zero attached hydrogens (tertiary/aromatic N) is 1. The van der Waals surface area contributed by atoms with Gasteiger partial charge in [0.25, 0.3) is 0 Å². The maximum Gasteiger partial charge on any atom is 0.0237 e. The van der Waals surface area contributed by atoms with Gasteiger partial charge in [0.2, 0.25) is 0 Å². The molecule has 0 amide bonds. The van der Waals surface area contributed by atoms with Crippen LogP contribution in [-0.4, -0.2) is 30.6 Å². The highest BCUT2D eigenvalue weighted by atomic mass is 15.1. The largest absolute Gasteiger partial charge is 0.313 e. The van der Waals surface area contributed by atoms with Gasteiger partial charge < -0.3 is 5.32 Å². The second-order valence-corrected chi connectivity index (χ2v) is 5.62. The second kappa shape index (κ2) is 7.66. The highest BCUT2D eigenvalue weighted by Crippen LogP contribution is 2.17. The summed E-state index contributed by atoms with van der Waals surface area (Å²) in [5.41, 5.74) is 3.08. The zero-order chi connectivity index (χ0) is 13.5.